The largest absolute Gasteiger partial charge is 0.380 e. The summed E-state index contributed by atoms with van der Waals surface area (Å²) < 4.78 is 1.41. The van der Waals surface area contributed by atoms with Gasteiger partial charge >= 0.3 is 0 Å². The van der Waals surface area contributed by atoms with Gasteiger partial charge in [0, 0.05) is 28.1 Å². The molecule has 1 aromatic rings. The predicted molar refractivity (Wildman–Crippen MR) is 35.3 cm³/mol. The van der Waals surface area contributed by atoms with Crippen molar-refractivity contribution in [1.82, 2.24) is 9.78 Å². The van der Waals surface area contributed by atoms with Crippen molar-refractivity contribution in [3.05, 3.63) is 17.5 Å². The van der Waals surface area contributed by atoms with Crippen molar-refractivity contribution < 1.29 is 25.9 Å². The van der Waals surface area contributed by atoms with Crippen LogP contribution in [0.4, 0.5) is 0 Å². The zero-order chi connectivity index (χ0) is 7.72. The molecular formula is C6H8N3OW-. The van der Waals surface area contributed by atoms with Crippen LogP contribution in [0.15, 0.2) is 0 Å². The normalized spacial score (nSPS) is 8.91. The second-order valence-corrected chi connectivity index (χ2v) is 2.07. The Hall–Kier alpha value is -0.632. The average molecular weight is 322 g/mol. The van der Waals surface area contributed by atoms with Crippen molar-refractivity contribution in [3.8, 4) is 0 Å². The number of nitrogens with zero attached hydrogens (tertiary/aromatic N) is 2. The van der Waals surface area contributed by atoms with E-state index in [1.807, 2.05) is 0 Å². The van der Waals surface area contributed by atoms with Crippen molar-refractivity contribution in [1.29, 1.82) is 0 Å². The summed E-state index contributed by atoms with van der Waals surface area (Å²) in [6.45, 7) is 1.74. The van der Waals surface area contributed by atoms with E-state index in [1.165, 1.54) is 4.68 Å². The summed E-state index contributed by atoms with van der Waals surface area (Å²) >= 11 is 0. The molecule has 0 spiro atoms. The van der Waals surface area contributed by atoms with Gasteiger partial charge < -0.3 is 15.5 Å². The monoisotopic (exact) mass is 322 g/mol. The third-order valence-electron chi connectivity index (χ3n) is 1.28. The van der Waals surface area contributed by atoms with Gasteiger partial charge in [-0.3, -0.25) is 4.79 Å². The van der Waals surface area contributed by atoms with E-state index in [1.54, 1.807) is 14.0 Å². The van der Waals surface area contributed by atoms with E-state index in [0.717, 1.165) is 0 Å². The molecular weight excluding hydrogens is 314 g/mol. The van der Waals surface area contributed by atoms with Gasteiger partial charge in [0.15, 0.2) is 5.91 Å². The molecule has 0 radical (unpaired) electrons. The Morgan fingerprint density at radius 1 is 1.73 bits per heavy atom. The molecule has 1 aromatic heterocycles. The van der Waals surface area contributed by atoms with Gasteiger partial charge in [-0.25, -0.2) is 0 Å². The Bertz CT molecular complexity index is 249. The maximum atomic E-state index is 10.6. The summed E-state index contributed by atoms with van der Waals surface area (Å²) in [6, 6.07) is 0. The van der Waals surface area contributed by atoms with Crippen molar-refractivity contribution in [2.75, 3.05) is 0 Å². The van der Waals surface area contributed by atoms with E-state index < -0.39 is 5.91 Å². The molecule has 5 heteroatoms. The molecule has 1 rings (SSSR count). The average Bonchev–Trinajstić information content (AvgIpc) is 2.11. The summed E-state index contributed by atoms with van der Waals surface area (Å²) in [4.78, 5) is 10.6. The van der Waals surface area contributed by atoms with Gasteiger partial charge in [-0.05, 0) is 5.69 Å². The maximum Gasteiger partial charge on any atom is 0.184 e. The van der Waals surface area contributed by atoms with Gasteiger partial charge in [0.1, 0.15) is 0 Å². The minimum Gasteiger partial charge on any atom is -0.380 e. The zero-order valence-electron chi connectivity index (χ0n) is 6.29. The fourth-order valence-corrected chi connectivity index (χ4v) is 0.840. The number of nitrogens with two attached hydrogens (primary N) is 1. The second kappa shape index (κ2) is 3.67. The van der Waals surface area contributed by atoms with Crippen molar-refractivity contribution >= 4 is 5.91 Å². The smallest absolute Gasteiger partial charge is 0.184 e. The first-order valence-corrected chi connectivity index (χ1v) is 2.84. The zero-order valence-corrected chi connectivity index (χ0v) is 9.22. The molecule has 0 fully saturated rings. The second-order valence-electron chi connectivity index (χ2n) is 2.07. The number of carbonyl (C=O) groups is 1. The molecule has 0 saturated heterocycles. The molecule has 2 N–H and O–H groups in total. The van der Waals surface area contributed by atoms with Gasteiger partial charge in [0.2, 0.25) is 0 Å². The molecule has 0 aromatic carbocycles. The van der Waals surface area contributed by atoms with E-state index in [9.17, 15) is 4.79 Å². The van der Waals surface area contributed by atoms with Crippen LogP contribution in [0.2, 0.25) is 0 Å². The molecule has 0 unspecified atom stereocenters. The molecule has 60 valence electrons. The molecule has 0 saturated carbocycles. The Morgan fingerprint density at radius 3 is 2.45 bits per heavy atom. The topological polar surface area (TPSA) is 60.9 Å². The molecule has 4 nitrogen and oxygen atoms in total. The summed E-state index contributed by atoms with van der Waals surface area (Å²) in [7, 11) is 1.66. The minimum atomic E-state index is -0.464. The molecule has 0 aliphatic heterocycles. The van der Waals surface area contributed by atoms with Crippen LogP contribution in [0.5, 0.6) is 0 Å². The molecule has 1 amide bonds. The molecule has 0 atom stereocenters. The summed E-state index contributed by atoms with van der Waals surface area (Å²) in [5.41, 5.74) is 6.15. The van der Waals surface area contributed by atoms with Crippen LogP contribution in [0, 0.1) is 13.1 Å². The number of amides is 1. The van der Waals surface area contributed by atoms with Gasteiger partial charge in [0.05, 0.1) is 0 Å². The van der Waals surface area contributed by atoms with Crippen molar-refractivity contribution in [2.24, 2.45) is 12.8 Å². The number of aromatic nitrogens is 2. The van der Waals surface area contributed by atoms with Crippen LogP contribution in [-0.4, -0.2) is 15.7 Å². The molecule has 0 aliphatic rings. The summed E-state index contributed by atoms with van der Waals surface area (Å²) in [6.07, 6.45) is 2.63. The molecule has 0 bridgehead atoms. The van der Waals surface area contributed by atoms with E-state index in [0.29, 0.717) is 11.3 Å². The Balaban J connectivity index is 0.000001000. The van der Waals surface area contributed by atoms with Gasteiger partial charge in [-0.2, -0.15) is 5.56 Å². The Morgan fingerprint density at radius 2 is 2.27 bits per heavy atom. The molecule has 0 aliphatic carbocycles. The first-order valence-electron chi connectivity index (χ1n) is 2.84. The first-order chi connectivity index (χ1) is 4.63. The summed E-state index contributed by atoms with van der Waals surface area (Å²) in [5, 5.41) is 3.73. The number of hydrogen-bond acceptors (Lipinski definition) is 2. The molecule has 1 heterocycles. The first kappa shape index (κ1) is 10.4. The number of primary amides is 1. The van der Waals surface area contributed by atoms with E-state index in [-0.39, 0.29) is 21.1 Å². The standard InChI is InChI=1S/C6H8N3O.W/c1-4-3-8-9(2)5(4)6(7)10;/h1-2H3,(H2,7,10);/q-1;. The van der Waals surface area contributed by atoms with Gasteiger partial charge in [0.25, 0.3) is 0 Å². The van der Waals surface area contributed by atoms with E-state index in [2.05, 4.69) is 11.3 Å². The van der Waals surface area contributed by atoms with Gasteiger partial charge in [-0.1, -0.05) is 6.92 Å². The van der Waals surface area contributed by atoms with Crippen LogP contribution < -0.4 is 5.73 Å². The van der Waals surface area contributed by atoms with Crippen LogP contribution in [-0.2, 0) is 28.1 Å². The van der Waals surface area contributed by atoms with Crippen LogP contribution in [0.25, 0.3) is 0 Å². The summed E-state index contributed by atoms with van der Waals surface area (Å²) in [5.74, 6) is -0.464. The number of carbonyl (C=O) groups excluding carboxylic acids is 1. The third kappa shape index (κ3) is 1.90. The van der Waals surface area contributed by atoms with Crippen LogP contribution in [0.1, 0.15) is 16.1 Å². The number of rotatable bonds is 1. The number of hydrogen-bond donors (Lipinski definition) is 1. The van der Waals surface area contributed by atoms with E-state index in [4.69, 9.17) is 5.73 Å². The van der Waals surface area contributed by atoms with E-state index >= 15 is 0 Å². The molecule has 11 heavy (non-hydrogen) atoms. The predicted octanol–water partition coefficient (Wildman–Crippen LogP) is -0.375. The van der Waals surface area contributed by atoms with Crippen LogP contribution in [0.3, 0.4) is 0 Å². The Kier molecular flexibility index (Phi) is 3.46. The Labute approximate surface area is 79.0 Å². The SMILES string of the molecule is Cc1[c-]nn(C)c1C(N)=O.[W]. The minimum absolute atomic E-state index is 0. The maximum absolute atomic E-state index is 10.6. The fraction of sp³-hybridized carbons (Fsp3) is 0.333. The third-order valence-corrected chi connectivity index (χ3v) is 1.28. The van der Waals surface area contributed by atoms with Crippen LogP contribution >= 0.6 is 0 Å². The van der Waals surface area contributed by atoms with Gasteiger partial charge in [-0.15, -0.1) is 6.20 Å². The quantitative estimate of drug-likeness (QED) is 0.717. The number of aryl methyl sites for hydroxylation is 2. The van der Waals surface area contributed by atoms with Crippen molar-refractivity contribution in [3.63, 3.8) is 0 Å². The fourth-order valence-electron chi connectivity index (χ4n) is 0.840. The van der Waals surface area contributed by atoms with Crippen molar-refractivity contribution in [2.45, 2.75) is 6.92 Å².